The first-order valence-electron chi connectivity index (χ1n) is 4.77. The van der Waals surface area contributed by atoms with Crippen molar-refractivity contribution in [2.24, 2.45) is 5.92 Å². The van der Waals surface area contributed by atoms with Crippen molar-refractivity contribution in [1.29, 1.82) is 0 Å². The normalized spacial score (nSPS) is 10.6. The summed E-state index contributed by atoms with van der Waals surface area (Å²) in [5.41, 5.74) is 0.110. The van der Waals surface area contributed by atoms with E-state index in [0.29, 0.717) is 12.2 Å². The number of carboxylic acids is 1. The maximum absolute atomic E-state index is 11.4. The van der Waals surface area contributed by atoms with Crippen molar-refractivity contribution in [3.05, 3.63) is 28.4 Å². The fourth-order valence-corrected chi connectivity index (χ4v) is 1.34. The molecule has 82 valence electrons. The van der Waals surface area contributed by atoms with Crippen LogP contribution in [0.25, 0.3) is 0 Å². The van der Waals surface area contributed by atoms with Gasteiger partial charge in [-0.15, -0.1) is 0 Å². The molecular weight excluding hydrogens is 196 g/mol. The Hall–Kier alpha value is -1.65. The standard InChI is InChI=1S/C10H14N2O3/c1-7(2)6-12-8(5-9(13)14)3-4-11-10(12)15/h3-4,7H,5-6H2,1-2H3,(H,13,14). The highest BCUT2D eigenvalue weighted by molar-refractivity contribution is 5.69. The monoisotopic (exact) mass is 210 g/mol. The van der Waals surface area contributed by atoms with Crippen molar-refractivity contribution >= 4 is 5.97 Å². The average molecular weight is 210 g/mol. The molecule has 1 heterocycles. The van der Waals surface area contributed by atoms with Gasteiger partial charge in [-0.2, -0.15) is 0 Å². The Bertz CT molecular complexity index is 409. The first-order chi connectivity index (χ1) is 7.00. The maximum atomic E-state index is 11.4. The molecular formula is C10H14N2O3. The first kappa shape index (κ1) is 11.4. The van der Waals surface area contributed by atoms with E-state index in [0.717, 1.165) is 0 Å². The van der Waals surface area contributed by atoms with Crippen molar-refractivity contribution in [3.63, 3.8) is 0 Å². The van der Waals surface area contributed by atoms with Gasteiger partial charge in [0.2, 0.25) is 0 Å². The Labute approximate surface area is 87.4 Å². The number of carbonyl (C=O) groups is 1. The second-order valence-electron chi connectivity index (χ2n) is 3.79. The number of nitrogens with zero attached hydrogens (tertiary/aromatic N) is 2. The molecule has 1 rings (SSSR count). The van der Waals surface area contributed by atoms with Crippen LogP contribution in [0.3, 0.4) is 0 Å². The molecule has 0 aliphatic carbocycles. The predicted octanol–water partition coefficient (Wildman–Crippen LogP) is 0.526. The smallest absolute Gasteiger partial charge is 0.347 e. The molecule has 0 amide bonds. The Morgan fingerprint density at radius 3 is 2.80 bits per heavy atom. The fraction of sp³-hybridized carbons (Fsp3) is 0.500. The molecule has 0 aromatic carbocycles. The molecule has 0 unspecified atom stereocenters. The number of aliphatic carboxylic acids is 1. The van der Waals surface area contributed by atoms with E-state index < -0.39 is 5.97 Å². The molecule has 0 fully saturated rings. The highest BCUT2D eigenvalue weighted by Crippen LogP contribution is 2.02. The number of aromatic nitrogens is 2. The van der Waals surface area contributed by atoms with E-state index in [1.807, 2.05) is 13.8 Å². The lowest BCUT2D eigenvalue weighted by Gasteiger charge is -2.12. The van der Waals surface area contributed by atoms with E-state index in [2.05, 4.69) is 4.98 Å². The molecule has 0 aliphatic rings. The molecule has 0 atom stereocenters. The second kappa shape index (κ2) is 4.72. The third-order valence-corrected chi connectivity index (χ3v) is 1.91. The van der Waals surface area contributed by atoms with Gasteiger partial charge in [0.25, 0.3) is 0 Å². The van der Waals surface area contributed by atoms with Crippen molar-refractivity contribution < 1.29 is 9.90 Å². The zero-order valence-corrected chi connectivity index (χ0v) is 8.80. The topological polar surface area (TPSA) is 72.2 Å². The van der Waals surface area contributed by atoms with Crippen molar-refractivity contribution in [3.8, 4) is 0 Å². The van der Waals surface area contributed by atoms with Crippen LogP contribution in [0.5, 0.6) is 0 Å². The van der Waals surface area contributed by atoms with Gasteiger partial charge in [0.1, 0.15) is 0 Å². The molecule has 1 N–H and O–H groups in total. The van der Waals surface area contributed by atoms with Gasteiger partial charge in [0.15, 0.2) is 0 Å². The lowest BCUT2D eigenvalue weighted by Crippen LogP contribution is -2.28. The van der Waals surface area contributed by atoms with Gasteiger partial charge < -0.3 is 5.11 Å². The van der Waals surface area contributed by atoms with Gasteiger partial charge in [0, 0.05) is 18.4 Å². The summed E-state index contributed by atoms with van der Waals surface area (Å²) in [5, 5.41) is 8.68. The molecule has 0 radical (unpaired) electrons. The Morgan fingerprint density at radius 1 is 1.60 bits per heavy atom. The van der Waals surface area contributed by atoms with E-state index in [-0.39, 0.29) is 18.0 Å². The Kier molecular flexibility index (Phi) is 3.60. The molecule has 0 saturated carbocycles. The lowest BCUT2D eigenvalue weighted by atomic mass is 10.2. The summed E-state index contributed by atoms with van der Waals surface area (Å²) in [7, 11) is 0. The largest absolute Gasteiger partial charge is 0.481 e. The maximum Gasteiger partial charge on any atom is 0.347 e. The second-order valence-corrected chi connectivity index (χ2v) is 3.79. The summed E-state index contributed by atoms with van der Waals surface area (Å²) in [6.45, 7) is 4.42. The summed E-state index contributed by atoms with van der Waals surface area (Å²) in [5.74, 6) is -0.669. The average Bonchev–Trinajstić information content (AvgIpc) is 2.09. The van der Waals surface area contributed by atoms with Gasteiger partial charge >= 0.3 is 11.7 Å². The van der Waals surface area contributed by atoms with E-state index in [9.17, 15) is 9.59 Å². The Morgan fingerprint density at radius 2 is 2.27 bits per heavy atom. The summed E-state index contributed by atoms with van der Waals surface area (Å²) in [6.07, 6.45) is 1.20. The van der Waals surface area contributed by atoms with Gasteiger partial charge in [-0.25, -0.2) is 9.78 Å². The van der Waals surface area contributed by atoms with Crippen molar-refractivity contribution in [1.82, 2.24) is 9.55 Å². The number of carboxylic acid groups (broad SMARTS) is 1. The van der Waals surface area contributed by atoms with E-state index in [4.69, 9.17) is 5.11 Å². The first-order valence-corrected chi connectivity index (χ1v) is 4.77. The van der Waals surface area contributed by atoms with E-state index in [1.54, 1.807) is 6.07 Å². The van der Waals surface area contributed by atoms with E-state index >= 15 is 0 Å². The molecule has 1 aromatic heterocycles. The number of hydrogen-bond acceptors (Lipinski definition) is 3. The van der Waals surface area contributed by atoms with Crippen LogP contribution in [-0.2, 0) is 17.8 Å². The van der Waals surface area contributed by atoms with Crippen LogP contribution in [0.15, 0.2) is 17.1 Å². The summed E-state index contributed by atoms with van der Waals surface area (Å²) < 4.78 is 1.42. The van der Waals surface area contributed by atoms with Crippen molar-refractivity contribution in [2.45, 2.75) is 26.8 Å². The van der Waals surface area contributed by atoms with Gasteiger partial charge in [-0.05, 0) is 12.0 Å². The minimum absolute atomic E-state index is 0.148. The highest BCUT2D eigenvalue weighted by atomic mass is 16.4. The predicted molar refractivity (Wildman–Crippen MR) is 54.7 cm³/mol. The Balaban J connectivity index is 3.08. The van der Waals surface area contributed by atoms with Gasteiger partial charge in [-0.3, -0.25) is 9.36 Å². The lowest BCUT2D eigenvalue weighted by molar-refractivity contribution is -0.136. The highest BCUT2D eigenvalue weighted by Gasteiger charge is 2.09. The quantitative estimate of drug-likeness (QED) is 0.786. The van der Waals surface area contributed by atoms with E-state index in [1.165, 1.54) is 10.8 Å². The van der Waals surface area contributed by atoms with Crippen LogP contribution >= 0.6 is 0 Å². The number of rotatable bonds is 4. The SMILES string of the molecule is CC(C)Cn1c(CC(=O)O)ccnc1=O. The van der Waals surface area contributed by atoms with Crippen LogP contribution in [-0.4, -0.2) is 20.6 Å². The van der Waals surface area contributed by atoms with Crippen LogP contribution in [0.1, 0.15) is 19.5 Å². The molecule has 5 nitrogen and oxygen atoms in total. The van der Waals surface area contributed by atoms with Crippen LogP contribution < -0.4 is 5.69 Å². The summed E-state index contributed by atoms with van der Waals surface area (Å²) in [6, 6.07) is 1.57. The molecule has 1 aromatic rings. The molecule has 0 saturated heterocycles. The van der Waals surface area contributed by atoms with Crippen molar-refractivity contribution in [2.75, 3.05) is 0 Å². The molecule has 0 spiro atoms. The molecule has 0 aliphatic heterocycles. The molecule has 15 heavy (non-hydrogen) atoms. The minimum Gasteiger partial charge on any atom is -0.481 e. The summed E-state index contributed by atoms with van der Waals surface area (Å²) in [4.78, 5) is 25.6. The van der Waals surface area contributed by atoms with Crippen LogP contribution in [0.4, 0.5) is 0 Å². The zero-order chi connectivity index (χ0) is 11.4. The summed E-state index contributed by atoms with van der Waals surface area (Å²) >= 11 is 0. The molecule has 5 heteroatoms. The van der Waals surface area contributed by atoms with Gasteiger partial charge in [-0.1, -0.05) is 13.8 Å². The minimum atomic E-state index is -0.946. The number of hydrogen-bond donors (Lipinski definition) is 1. The van der Waals surface area contributed by atoms with Crippen LogP contribution in [0.2, 0.25) is 0 Å². The van der Waals surface area contributed by atoms with Crippen LogP contribution in [0, 0.1) is 5.92 Å². The van der Waals surface area contributed by atoms with Gasteiger partial charge in [0.05, 0.1) is 6.42 Å². The third-order valence-electron chi connectivity index (χ3n) is 1.91. The third kappa shape index (κ3) is 3.19. The zero-order valence-electron chi connectivity index (χ0n) is 8.80. The fourth-order valence-electron chi connectivity index (χ4n) is 1.34. The molecule has 0 bridgehead atoms.